The molecule has 6 nitrogen and oxygen atoms in total. The molecule has 0 aliphatic carbocycles. The summed E-state index contributed by atoms with van der Waals surface area (Å²) in [7, 11) is -3.57. The standard InChI is InChI=1S/C12H25N3O3S/c1-3-9-15(10-4-2)19(17,18)14-11-7-5-6-8-13-12(11)16/h11,14H,3-10H2,1-2H3,(H,13,16)/t11-/m0/s1. The van der Waals surface area contributed by atoms with E-state index in [1.807, 2.05) is 13.8 Å². The van der Waals surface area contributed by atoms with Gasteiger partial charge in [-0.05, 0) is 32.1 Å². The van der Waals surface area contributed by atoms with Crippen LogP contribution < -0.4 is 10.0 Å². The molecular weight excluding hydrogens is 266 g/mol. The highest BCUT2D eigenvalue weighted by Gasteiger charge is 2.29. The molecule has 0 unspecified atom stereocenters. The van der Waals surface area contributed by atoms with Crippen LogP contribution in [0.5, 0.6) is 0 Å². The van der Waals surface area contributed by atoms with E-state index in [1.54, 1.807) is 0 Å². The molecule has 0 aromatic rings. The minimum absolute atomic E-state index is 0.214. The highest BCUT2D eigenvalue weighted by atomic mass is 32.2. The molecule has 0 spiro atoms. The Morgan fingerprint density at radius 1 is 1.26 bits per heavy atom. The van der Waals surface area contributed by atoms with Crippen LogP contribution in [0.15, 0.2) is 0 Å². The lowest BCUT2D eigenvalue weighted by Crippen LogP contribution is -2.51. The van der Waals surface area contributed by atoms with Crippen LogP contribution in [0.1, 0.15) is 46.0 Å². The van der Waals surface area contributed by atoms with Crippen molar-refractivity contribution in [1.29, 1.82) is 0 Å². The third kappa shape index (κ3) is 5.08. The number of hydrogen-bond donors (Lipinski definition) is 2. The molecule has 2 N–H and O–H groups in total. The fraction of sp³-hybridized carbons (Fsp3) is 0.917. The van der Waals surface area contributed by atoms with E-state index in [9.17, 15) is 13.2 Å². The molecule has 0 aromatic heterocycles. The van der Waals surface area contributed by atoms with Crippen molar-refractivity contribution in [1.82, 2.24) is 14.3 Å². The Hall–Kier alpha value is -0.660. The van der Waals surface area contributed by atoms with Crippen LogP contribution in [-0.2, 0) is 15.0 Å². The normalized spacial score (nSPS) is 21.2. The average molecular weight is 291 g/mol. The third-order valence-electron chi connectivity index (χ3n) is 3.11. The summed E-state index contributed by atoms with van der Waals surface area (Å²) < 4.78 is 28.5. The van der Waals surface area contributed by atoms with Gasteiger partial charge in [-0.15, -0.1) is 0 Å². The van der Waals surface area contributed by atoms with Gasteiger partial charge in [0, 0.05) is 19.6 Å². The molecular formula is C12H25N3O3S. The van der Waals surface area contributed by atoms with Crippen LogP contribution in [0, 0.1) is 0 Å². The summed E-state index contributed by atoms with van der Waals surface area (Å²) in [5, 5.41) is 2.74. The molecule has 0 bridgehead atoms. The lowest BCUT2D eigenvalue weighted by molar-refractivity contribution is -0.122. The van der Waals surface area contributed by atoms with Gasteiger partial charge in [-0.25, -0.2) is 0 Å². The summed E-state index contributed by atoms with van der Waals surface area (Å²) in [6.07, 6.45) is 3.85. The molecule has 1 atom stereocenters. The highest BCUT2D eigenvalue weighted by Crippen LogP contribution is 2.09. The molecule has 19 heavy (non-hydrogen) atoms. The Kier molecular flexibility index (Phi) is 6.74. The van der Waals surface area contributed by atoms with E-state index < -0.39 is 16.3 Å². The first-order valence-corrected chi connectivity index (χ1v) is 8.50. The number of amides is 1. The molecule has 112 valence electrons. The van der Waals surface area contributed by atoms with Crippen LogP contribution in [0.2, 0.25) is 0 Å². The van der Waals surface area contributed by atoms with Gasteiger partial charge in [-0.2, -0.15) is 17.4 Å². The second kappa shape index (κ2) is 7.81. The van der Waals surface area contributed by atoms with Gasteiger partial charge < -0.3 is 5.32 Å². The summed E-state index contributed by atoms with van der Waals surface area (Å²) in [5.74, 6) is -0.214. The topological polar surface area (TPSA) is 78.5 Å². The quantitative estimate of drug-likeness (QED) is 0.721. The van der Waals surface area contributed by atoms with Crippen molar-refractivity contribution >= 4 is 16.1 Å². The first-order chi connectivity index (χ1) is 9.01. The van der Waals surface area contributed by atoms with Crippen molar-refractivity contribution in [2.24, 2.45) is 0 Å². The van der Waals surface area contributed by atoms with Gasteiger partial charge in [0.25, 0.3) is 10.2 Å². The van der Waals surface area contributed by atoms with Crippen LogP contribution >= 0.6 is 0 Å². The highest BCUT2D eigenvalue weighted by molar-refractivity contribution is 7.87. The van der Waals surface area contributed by atoms with Gasteiger partial charge >= 0.3 is 0 Å². The van der Waals surface area contributed by atoms with Crippen LogP contribution in [0.3, 0.4) is 0 Å². The Bertz CT molecular complexity index is 378. The van der Waals surface area contributed by atoms with Gasteiger partial charge in [-0.3, -0.25) is 4.79 Å². The van der Waals surface area contributed by atoms with Gasteiger partial charge in [0.05, 0.1) is 0 Å². The number of rotatable bonds is 7. The molecule has 1 amide bonds. The van der Waals surface area contributed by atoms with Crippen molar-refractivity contribution in [2.75, 3.05) is 19.6 Å². The first kappa shape index (κ1) is 16.4. The molecule has 1 heterocycles. The second-order valence-electron chi connectivity index (χ2n) is 4.86. The summed E-state index contributed by atoms with van der Waals surface area (Å²) in [6, 6.07) is -0.635. The Labute approximate surface area is 116 Å². The van der Waals surface area contributed by atoms with Gasteiger partial charge in [0.15, 0.2) is 0 Å². The molecule has 0 aromatic carbocycles. The number of carbonyl (C=O) groups is 1. The number of carbonyl (C=O) groups excluding carboxylic acids is 1. The SMILES string of the molecule is CCCN(CCC)S(=O)(=O)N[C@H]1CCCCNC1=O. The van der Waals surface area contributed by atoms with E-state index in [2.05, 4.69) is 10.0 Å². The van der Waals surface area contributed by atoms with E-state index in [4.69, 9.17) is 0 Å². The second-order valence-corrected chi connectivity index (χ2v) is 6.56. The molecule has 0 radical (unpaired) electrons. The van der Waals surface area contributed by atoms with Crippen LogP contribution in [0.25, 0.3) is 0 Å². The van der Waals surface area contributed by atoms with E-state index in [0.29, 0.717) is 26.1 Å². The lowest BCUT2D eigenvalue weighted by atomic mass is 10.1. The molecule has 1 fully saturated rings. The van der Waals surface area contributed by atoms with E-state index in [-0.39, 0.29) is 5.91 Å². The summed E-state index contributed by atoms with van der Waals surface area (Å²) in [4.78, 5) is 11.8. The molecule has 1 rings (SSSR count). The van der Waals surface area contributed by atoms with Crippen LogP contribution in [0.4, 0.5) is 0 Å². The van der Waals surface area contributed by atoms with Crippen molar-refractivity contribution in [3.63, 3.8) is 0 Å². The zero-order chi connectivity index (χ0) is 14.3. The fourth-order valence-electron chi connectivity index (χ4n) is 2.16. The van der Waals surface area contributed by atoms with Crippen molar-refractivity contribution < 1.29 is 13.2 Å². The first-order valence-electron chi connectivity index (χ1n) is 7.06. The maximum Gasteiger partial charge on any atom is 0.280 e. The minimum Gasteiger partial charge on any atom is -0.355 e. The molecule has 1 aliphatic rings. The van der Waals surface area contributed by atoms with E-state index in [1.165, 1.54) is 4.31 Å². The minimum atomic E-state index is -3.57. The van der Waals surface area contributed by atoms with Gasteiger partial charge in [0.2, 0.25) is 5.91 Å². The van der Waals surface area contributed by atoms with Crippen molar-refractivity contribution in [3.8, 4) is 0 Å². The monoisotopic (exact) mass is 291 g/mol. The van der Waals surface area contributed by atoms with E-state index in [0.717, 1.165) is 25.7 Å². The predicted octanol–water partition coefficient (Wildman–Crippen LogP) is 0.611. The van der Waals surface area contributed by atoms with Crippen molar-refractivity contribution in [2.45, 2.75) is 52.0 Å². The number of nitrogens with one attached hydrogen (secondary N) is 2. The molecule has 7 heteroatoms. The molecule has 0 saturated carbocycles. The van der Waals surface area contributed by atoms with Crippen molar-refractivity contribution in [3.05, 3.63) is 0 Å². The maximum atomic E-state index is 12.3. The lowest BCUT2D eigenvalue weighted by Gasteiger charge is -2.24. The van der Waals surface area contributed by atoms with Gasteiger partial charge in [-0.1, -0.05) is 13.8 Å². The Morgan fingerprint density at radius 2 is 1.89 bits per heavy atom. The van der Waals surface area contributed by atoms with Crippen LogP contribution in [-0.4, -0.2) is 44.3 Å². The number of hydrogen-bond acceptors (Lipinski definition) is 3. The smallest absolute Gasteiger partial charge is 0.280 e. The maximum absolute atomic E-state index is 12.3. The predicted molar refractivity (Wildman–Crippen MR) is 74.9 cm³/mol. The van der Waals surface area contributed by atoms with E-state index >= 15 is 0 Å². The Balaban J connectivity index is 2.72. The summed E-state index contributed by atoms with van der Waals surface area (Å²) >= 11 is 0. The zero-order valence-corrected chi connectivity index (χ0v) is 12.6. The summed E-state index contributed by atoms with van der Waals surface area (Å²) in [6.45, 7) is 5.48. The molecule has 1 aliphatic heterocycles. The summed E-state index contributed by atoms with van der Waals surface area (Å²) in [5.41, 5.74) is 0. The Morgan fingerprint density at radius 3 is 2.47 bits per heavy atom. The largest absolute Gasteiger partial charge is 0.355 e. The number of nitrogens with zero attached hydrogens (tertiary/aromatic N) is 1. The third-order valence-corrected chi connectivity index (χ3v) is 4.74. The zero-order valence-electron chi connectivity index (χ0n) is 11.8. The van der Waals surface area contributed by atoms with Gasteiger partial charge in [0.1, 0.15) is 6.04 Å². The fourth-order valence-corrected chi connectivity index (χ4v) is 3.74. The molecule has 1 saturated heterocycles. The average Bonchev–Trinajstić information content (AvgIpc) is 2.54.